The van der Waals surface area contributed by atoms with Gasteiger partial charge in [-0.3, -0.25) is 4.79 Å². The monoisotopic (exact) mass is 388 g/mol. The van der Waals surface area contributed by atoms with Gasteiger partial charge >= 0.3 is 6.09 Å². The zero-order valence-electron chi connectivity index (χ0n) is 17.1. The summed E-state index contributed by atoms with van der Waals surface area (Å²) in [5.74, 6) is -0.365. The van der Waals surface area contributed by atoms with E-state index in [0.29, 0.717) is 31.5 Å². The maximum atomic E-state index is 13.1. The minimum Gasteiger partial charge on any atom is -0.444 e. The third-order valence-electron chi connectivity index (χ3n) is 5.74. The van der Waals surface area contributed by atoms with E-state index in [1.807, 2.05) is 51.1 Å². The van der Waals surface area contributed by atoms with Gasteiger partial charge in [-0.1, -0.05) is 36.8 Å². The van der Waals surface area contributed by atoms with E-state index in [1.165, 1.54) is 0 Å². The topological polar surface area (TPSA) is 78.9 Å². The molecule has 1 aromatic rings. The Labute approximate surface area is 167 Å². The van der Waals surface area contributed by atoms with Crippen molar-refractivity contribution in [2.75, 3.05) is 13.1 Å². The van der Waals surface area contributed by atoms with Gasteiger partial charge in [0.25, 0.3) is 5.91 Å². The van der Waals surface area contributed by atoms with E-state index < -0.39 is 11.2 Å². The number of likely N-dealkylation sites (tertiary alicyclic amines) is 1. The molecular formula is C22H32N2O4. The number of hydrogen-bond acceptors (Lipinski definition) is 4. The average molecular weight is 389 g/mol. The van der Waals surface area contributed by atoms with Crippen molar-refractivity contribution in [3.8, 4) is 0 Å². The van der Waals surface area contributed by atoms with Crippen LogP contribution in [0.2, 0.25) is 0 Å². The summed E-state index contributed by atoms with van der Waals surface area (Å²) in [6, 6.07) is 9.18. The molecule has 1 aliphatic carbocycles. The van der Waals surface area contributed by atoms with Crippen molar-refractivity contribution in [2.24, 2.45) is 5.92 Å². The first-order valence-corrected chi connectivity index (χ1v) is 10.3. The second-order valence-electron chi connectivity index (χ2n) is 8.98. The summed E-state index contributed by atoms with van der Waals surface area (Å²) in [7, 11) is 0. The van der Waals surface area contributed by atoms with Crippen molar-refractivity contribution in [1.82, 2.24) is 10.2 Å². The molecule has 1 aliphatic heterocycles. The molecule has 3 rings (SSSR count). The number of nitrogens with zero attached hydrogens (tertiary/aromatic N) is 1. The first-order valence-electron chi connectivity index (χ1n) is 10.3. The van der Waals surface area contributed by atoms with Crippen LogP contribution in [0.15, 0.2) is 30.3 Å². The zero-order chi connectivity index (χ0) is 20.4. The van der Waals surface area contributed by atoms with Crippen molar-refractivity contribution >= 4 is 12.0 Å². The van der Waals surface area contributed by atoms with Gasteiger partial charge in [-0.2, -0.15) is 0 Å². The van der Waals surface area contributed by atoms with E-state index in [4.69, 9.17) is 4.74 Å². The number of piperidine rings is 1. The summed E-state index contributed by atoms with van der Waals surface area (Å²) in [6.07, 6.45) is 3.75. The van der Waals surface area contributed by atoms with Crippen molar-refractivity contribution in [1.29, 1.82) is 0 Å². The van der Waals surface area contributed by atoms with E-state index in [-0.39, 0.29) is 24.0 Å². The standard InChI is InChI=1S/C22H32N2O4/c1-21(2,3)28-20(26)24-14-12-18(13-15-24)23-19(25)22(27,17-10-7-11-17)16-8-5-4-6-9-16/h4-6,8-9,17-18,27H,7,10-15H2,1-3H3,(H,23,25). The van der Waals surface area contributed by atoms with E-state index in [1.54, 1.807) is 4.90 Å². The lowest BCUT2D eigenvalue weighted by Gasteiger charge is -2.42. The highest BCUT2D eigenvalue weighted by atomic mass is 16.6. The lowest BCUT2D eigenvalue weighted by Crippen LogP contribution is -2.56. The minimum absolute atomic E-state index is 0.0447. The van der Waals surface area contributed by atoms with Gasteiger partial charge in [-0.05, 0) is 52.0 Å². The van der Waals surface area contributed by atoms with Gasteiger partial charge in [0.2, 0.25) is 0 Å². The van der Waals surface area contributed by atoms with Crippen molar-refractivity contribution in [3.05, 3.63) is 35.9 Å². The lowest BCUT2D eigenvalue weighted by atomic mass is 9.69. The Morgan fingerprint density at radius 2 is 1.68 bits per heavy atom. The summed E-state index contributed by atoms with van der Waals surface area (Å²) < 4.78 is 5.42. The van der Waals surface area contributed by atoms with Crippen LogP contribution in [0.5, 0.6) is 0 Å². The van der Waals surface area contributed by atoms with Crippen LogP contribution in [0, 0.1) is 5.92 Å². The number of aliphatic hydroxyl groups is 1. The Morgan fingerprint density at radius 1 is 1.07 bits per heavy atom. The molecule has 1 saturated carbocycles. The Balaban J connectivity index is 1.60. The summed E-state index contributed by atoms with van der Waals surface area (Å²) in [5.41, 5.74) is -1.35. The fraction of sp³-hybridized carbons (Fsp3) is 0.636. The SMILES string of the molecule is CC(C)(C)OC(=O)N1CCC(NC(=O)C(O)(c2ccccc2)C2CCC2)CC1. The summed E-state index contributed by atoms with van der Waals surface area (Å²) in [5, 5.41) is 14.4. The predicted octanol–water partition coefficient (Wildman–Crippen LogP) is 3.19. The molecule has 1 aromatic carbocycles. The number of benzene rings is 1. The molecule has 2 aliphatic rings. The van der Waals surface area contributed by atoms with Crippen LogP contribution in [0.4, 0.5) is 4.79 Å². The molecule has 2 fully saturated rings. The van der Waals surface area contributed by atoms with Gasteiger partial charge in [-0.15, -0.1) is 0 Å². The van der Waals surface area contributed by atoms with Crippen molar-refractivity contribution in [3.63, 3.8) is 0 Å². The third-order valence-corrected chi connectivity index (χ3v) is 5.74. The maximum absolute atomic E-state index is 13.1. The molecule has 28 heavy (non-hydrogen) atoms. The first-order chi connectivity index (χ1) is 13.2. The average Bonchev–Trinajstić information content (AvgIpc) is 2.60. The molecule has 154 valence electrons. The van der Waals surface area contributed by atoms with Crippen LogP contribution in [0.3, 0.4) is 0 Å². The molecule has 6 nitrogen and oxygen atoms in total. The number of carbonyl (C=O) groups excluding carboxylic acids is 2. The van der Waals surface area contributed by atoms with Crippen LogP contribution in [0.25, 0.3) is 0 Å². The predicted molar refractivity (Wildman–Crippen MR) is 107 cm³/mol. The summed E-state index contributed by atoms with van der Waals surface area (Å²) >= 11 is 0. The highest BCUT2D eigenvalue weighted by Gasteiger charge is 2.48. The van der Waals surface area contributed by atoms with Crippen LogP contribution in [-0.2, 0) is 15.1 Å². The van der Waals surface area contributed by atoms with E-state index >= 15 is 0 Å². The number of rotatable bonds is 4. The molecule has 0 bridgehead atoms. The molecule has 2 N–H and O–H groups in total. The number of amides is 2. The lowest BCUT2D eigenvalue weighted by molar-refractivity contribution is -0.153. The molecular weight excluding hydrogens is 356 g/mol. The number of ether oxygens (including phenoxy) is 1. The van der Waals surface area contributed by atoms with Gasteiger partial charge < -0.3 is 20.1 Å². The minimum atomic E-state index is -1.48. The molecule has 0 aromatic heterocycles. The van der Waals surface area contributed by atoms with Crippen molar-refractivity contribution < 1.29 is 19.4 Å². The van der Waals surface area contributed by atoms with Gasteiger partial charge in [0.15, 0.2) is 5.60 Å². The summed E-state index contributed by atoms with van der Waals surface area (Å²) in [6.45, 7) is 6.62. The molecule has 0 spiro atoms. The van der Waals surface area contributed by atoms with Gasteiger partial charge in [0, 0.05) is 25.0 Å². The maximum Gasteiger partial charge on any atom is 0.410 e. The van der Waals surface area contributed by atoms with Gasteiger partial charge in [0.05, 0.1) is 0 Å². The Hall–Kier alpha value is -2.08. The molecule has 1 unspecified atom stereocenters. The van der Waals surface area contributed by atoms with Crippen LogP contribution in [-0.4, -0.2) is 46.7 Å². The Kier molecular flexibility index (Phi) is 5.98. The Morgan fingerprint density at radius 3 is 2.18 bits per heavy atom. The smallest absolute Gasteiger partial charge is 0.410 e. The molecule has 0 radical (unpaired) electrons. The zero-order valence-corrected chi connectivity index (χ0v) is 17.1. The molecule has 2 amide bonds. The second-order valence-corrected chi connectivity index (χ2v) is 8.98. The molecule has 1 saturated heterocycles. The number of nitrogens with one attached hydrogen (secondary N) is 1. The second kappa shape index (κ2) is 8.11. The fourth-order valence-corrected chi connectivity index (χ4v) is 3.90. The normalized spacial score (nSPS) is 20.8. The summed E-state index contributed by atoms with van der Waals surface area (Å²) in [4.78, 5) is 27.0. The Bertz CT molecular complexity index is 688. The largest absolute Gasteiger partial charge is 0.444 e. The van der Waals surface area contributed by atoms with Crippen LogP contribution < -0.4 is 5.32 Å². The van der Waals surface area contributed by atoms with E-state index in [0.717, 1.165) is 19.3 Å². The van der Waals surface area contributed by atoms with Gasteiger partial charge in [0.1, 0.15) is 5.60 Å². The highest BCUT2D eigenvalue weighted by molar-refractivity contribution is 5.87. The third kappa shape index (κ3) is 4.49. The van der Waals surface area contributed by atoms with Gasteiger partial charge in [-0.25, -0.2) is 4.79 Å². The molecule has 1 heterocycles. The number of hydrogen-bond donors (Lipinski definition) is 2. The molecule has 1 atom stereocenters. The van der Waals surface area contributed by atoms with E-state index in [2.05, 4.69) is 5.32 Å². The highest BCUT2D eigenvalue weighted by Crippen LogP contribution is 2.42. The molecule has 6 heteroatoms. The quantitative estimate of drug-likeness (QED) is 0.830. The van der Waals surface area contributed by atoms with E-state index in [9.17, 15) is 14.7 Å². The van der Waals surface area contributed by atoms with Crippen LogP contribution in [0.1, 0.15) is 58.4 Å². The first kappa shape index (κ1) is 20.6. The van der Waals surface area contributed by atoms with Crippen LogP contribution >= 0.6 is 0 Å². The number of carbonyl (C=O) groups is 2. The van der Waals surface area contributed by atoms with Crippen molar-refractivity contribution in [2.45, 2.75) is 70.1 Å². The fourth-order valence-electron chi connectivity index (χ4n) is 3.90.